The van der Waals surface area contributed by atoms with Gasteiger partial charge in [0.25, 0.3) is 5.91 Å². The highest BCUT2D eigenvalue weighted by atomic mass is 19.1. The van der Waals surface area contributed by atoms with Gasteiger partial charge in [-0.3, -0.25) is 9.79 Å². The normalized spacial score (nSPS) is 32.6. The molecule has 0 aromatic heterocycles. The number of methoxy groups -OCH3 is 1. The maximum absolute atomic E-state index is 13.9. The Morgan fingerprint density at radius 1 is 1.41 bits per heavy atom. The van der Waals surface area contributed by atoms with Gasteiger partial charge in [-0.1, -0.05) is 13.3 Å². The fraction of sp³-hybridized carbons (Fsp3) is 0.600. The number of nitroso groups, excluding NO2 is 1. The van der Waals surface area contributed by atoms with E-state index in [1.165, 1.54) is 12.1 Å². The van der Waals surface area contributed by atoms with Gasteiger partial charge in [0.15, 0.2) is 0 Å². The molecule has 0 radical (unpaired) electrons. The molecule has 1 saturated carbocycles. The number of aliphatic imine (C=N–C) groups is 1. The molecule has 6 nitrogen and oxygen atoms in total. The minimum Gasteiger partial charge on any atom is -0.496 e. The Morgan fingerprint density at radius 2 is 2.22 bits per heavy atom. The number of nitrogens with zero attached hydrogens (tertiary/aromatic N) is 3. The number of amides is 1. The fourth-order valence-corrected chi connectivity index (χ4v) is 5.28. The summed E-state index contributed by atoms with van der Waals surface area (Å²) in [6.07, 6.45) is 4.98. The predicted octanol–water partition coefficient (Wildman–Crippen LogP) is 4.40. The number of carbonyl (C=O) groups excluding carboxylic acids is 1. The van der Waals surface area contributed by atoms with E-state index in [1.54, 1.807) is 13.2 Å². The number of hydrogen-bond acceptors (Lipinski definition) is 5. The van der Waals surface area contributed by atoms with E-state index in [2.05, 4.69) is 12.2 Å². The van der Waals surface area contributed by atoms with Gasteiger partial charge in [-0.15, -0.1) is 9.92 Å². The van der Waals surface area contributed by atoms with Crippen LogP contribution in [0.5, 0.6) is 5.75 Å². The quantitative estimate of drug-likeness (QED) is 0.734. The molecule has 1 amide bonds. The van der Waals surface area contributed by atoms with E-state index in [9.17, 15) is 14.1 Å². The first kappa shape index (κ1) is 18.1. The lowest BCUT2D eigenvalue weighted by Gasteiger charge is -2.47. The van der Waals surface area contributed by atoms with Gasteiger partial charge in [0.1, 0.15) is 17.4 Å². The van der Waals surface area contributed by atoms with Crippen molar-refractivity contribution >= 4 is 11.7 Å². The van der Waals surface area contributed by atoms with Gasteiger partial charge in [0.05, 0.1) is 18.4 Å². The van der Waals surface area contributed by atoms with Crippen LogP contribution < -0.4 is 4.74 Å². The summed E-state index contributed by atoms with van der Waals surface area (Å²) in [5.41, 5.74) is 0.260. The molecule has 2 fully saturated rings. The van der Waals surface area contributed by atoms with Crippen LogP contribution >= 0.6 is 0 Å². The van der Waals surface area contributed by atoms with E-state index in [0.717, 1.165) is 37.1 Å². The second-order valence-electron chi connectivity index (χ2n) is 7.96. The molecule has 3 aliphatic rings. The van der Waals surface area contributed by atoms with Crippen LogP contribution in [0.1, 0.15) is 57.1 Å². The summed E-state index contributed by atoms with van der Waals surface area (Å²) >= 11 is 0. The summed E-state index contributed by atoms with van der Waals surface area (Å²) in [7, 11) is 1.54. The van der Waals surface area contributed by atoms with Gasteiger partial charge in [-0.25, -0.2) is 4.39 Å². The number of ether oxygens (including phenoxy) is 1. The summed E-state index contributed by atoms with van der Waals surface area (Å²) in [4.78, 5) is 28.6. The Bertz CT molecular complexity index is 812. The lowest BCUT2D eigenvalue weighted by atomic mass is 9.58. The molecule has 0 N–H and O–H groups in total. The minimum atomic E-state index is -0.395. The average Bonchev–Trinajstić information content (AvgIpc) is 2.96. The maximum Gasteiger partial charge on any atom is 0.252 e. The Labute approximate surface area is 157 Å². The minimum absolute atomic E-state index is 0.220. The molecular formula is C20H24FN3O3. The lowest BCUT2D eigenvalue weighted by Crippen LogP contribution is -2.46. The van der Waals surface area contributed by atoms with E-state index >= 15 is 0 Å². The highest BCUT2D eigenvalue weighted by molar-refractivity contribution is 6.09. The molecule has 1 saturated heterocycles. The first-order valence-electron chi connectivity index (χ1n) is 9.60. The Morgan fingerprint density at radius 3 is 2.93 bits per heavy atom. The van der Waals surface area contributed by atoms with Gasteiger partial charge >= 0.3 is 0 Å². The Kier molecular flexibility index (Phi) is 4.48. The fourth-order valence-electron chi connectivity index (χ4n) is 5.28. The molecule has 4 rings (SSSR count). The van der Waals surface area contributed by atoms with Crippen molar-refractivity contribution in [2.24, 2.45) is 27.5 Å². The van der Waals surface area contributed by atoms with Crippen LogP contribution in [-0.2, 0) is 4.79 Å². The molecule has 1 aromatic rings. The topological polar surface area (TPSA) is 71.3 Å². The Balaban J connectivity index is 1.81. The third-order valence-corrected chi connectivity index (χ3v) is 6.74. The first-order chi connectivity index (χ1) is 13.0. The molecule has 2 aliphatic heterocycles. The van der Waals surface area contributed by atoms with Crippen LogP contribution in [0.4, 0.5) is 4.39 Å². The van der Waals surface area contributed by atoms with Crippen LogP contribution in [0.15, 0.2) is 28.5 Å². The number of carbonyl (C=O) groups is 1. The highest BCUT2D eigenvalue weighted by Gasteiger charge is 2.59. The van der Waals surface area contributed by atoms with Crippen LogP contribution in [0.25, 0.3) is 0 Å². The van der Waals surface area contributed by atoms with Gasteiger partial charge in [0, 0.05) is 17.4 Å². The van der Waals surface area contributed by atoms with Crippen molar-refractivity contribution in [3.05, 3.63) is 34.5 Å². The largest absolute Gasteiger partial charge is 0.496 e. The third kappa shape index (κ3) is 2.75. The van der Waals surface area contributed by atoms with Crippen molar-refractivity contribution in [1.29, 1.82) is 0 Å². The second kappa shape index (κ2) is 6.69. The maximum atomic E-state index is 13.9. The molecule has 7 heteroatoms. The predicted molar refractivity (Wildman–Crippen MR) is 98.6 cm³/mol. The summed E-state index contributed by atoms with van der Waals surface area (Å²) < 4.78 is 19.3. The molecule has 4 atom stereocenters. The van der Waals surface area contributed by atoms with E-state index in [0.29, 0.717) is 29.5 Å². The zero-order valence-corrected chi connectivity index (χ0v) is 15.7. The van der Waals surface area contributed by atoms with Crippen molar-refractivity contribution in [3.63, 3.8) is 0 Å². The zero-order chi connectivity index (χ0) is 19.2. The highest BCUT2D eigenvalue weighted by Crippen LogP contribution is 2.58. The summed E-state index contributed by atoms with van der Waals surface area (Å²) in [5.74, 6) is 1.22. The molecule has 27 heavy (non-hydrogen) atoms. The molecule has 1 aromatic carbocycles. The van der Waals surface area contributed by atoms with Gasteiger partial charge in [-0.05, 0) is 55.7 Å². The molecule has 2 heterocycles. The zero-order valence-electron chi connectivity index (χ0n) is 15.7. The summed E-state index contributed by atoms with van der Waals surface area (Å²) in [6, 6.07) is 4.04. The number of hydrogen-bond donors (Lipinski definition) is 0. The third-order valence-electron chi connectivity index (χ3n) is 6.74. The van der Waals surface area contributed by atoms with Crippen molar-refractivity contribution in [1.82, 2.24) is 5.01 Å². The lowest BCUT2D eigenvalue weighted by molar-refractivity contribution is -0.126. The molecular weight excluding hydrogens is 349 g/mol. The standard InChI is InChI=1S/C20H24FN3O3/c1-3-12-6-7-20-11-18(25)24(23-26)19(20)22-16(9-13(20)8-12)15-10-14(21)4-5-17(15)27-2/h4-5,10,12-13,16H,3,6-9,11H2,1-2H3. The SMILES string of the molecule is CCC1CCC23CC(=O)N(N=O)C2=NC(c2cc(F)ccc2OC)CC3C1. The van der Waals surface area contributed by atoms with E-state index in [4.69, 9.17) is 9.73 Å². The first-order valence-corrected chi connectivity index (χ1v) is 9.60. The van der Waals surface area contributed by atoms with Crippen molar-refractivity contribution in [2.75, 3.05) is 7.11 Å². The average molecular weight is 373 g/mol. The number of amidine groups is 1. The molecule has 1 spiro atoms. The van der Waals surface area contributed by atoms with E-state index < -0.39 is 5.41 Å². The van der Waals surface area contributed by atoms with Crippen molar-refractivity contribution in [3.8, 4) is 5.75 Å². The van der Waals surface area contributed by atoms with Gasteiger partial charge in [0.2, 0.25) is 0 Å². The molecule has 144 valence electrons. The monoisotopic (exact) mass is 373 g/mol. The number of rotatable bonds is 4. The van der Waals surface area contributed by atoms with Crippen LogP contribution in [0, 0.1) is 28.0 Å². The molecule has 4 unspecified atom stereocenters. The molecule has 1 aliphatic carbocycles. The summed E-state index contributed by atoms with van der Waals surface area (Å²) in [5, 5.41) is 3.91. The van der Waals surface area contributed by atoms with Gasteiger partial charge in [-0.2, -0.15) is 0 Å². The van der Waals surface area contributed by atoms with Crippen LogP contribution in [0.3, 0.4) is 0 Å². The van der Waals surface area contributed by atoms with Gasteiger partial charge < -0.3 is 4.74 Å². The van der Waals surface area contributed by atoms with E-state index in [1.807, 2.05) is 0 Å². The van der Waals surface area contributed by atoms with Crippen LogP contribution in [0.2, 0.25) is 0 Å². The molecule has 0 bridgehead atoms. The van der Waals surface area contributed by atoms with E-state index in [-0.39, 0.29) is 23.7 Å². The van der Waals surface area contributed by atoms with Crippen molar-refractivity contribution < 1.29 is 13.9 Å². The van der Waals surface area contributed by atoms with Crippen molar-refractivity contribution in [2.45, 2.75) is 51.5 Å². The van der Waals surface area contributed by atoms with Crippen LogP contribution in [-0.4, -0.2) is 23.9 Å². The second-order valence-corrected chi connectivity index (χ2v) is 7.96. The smallest absolute Gasteiger partial charge is 0.252 e. The number of benzene rings is 1. The summed E-state index contributed by atoms with van der Waals surface area (Å²) in [6.45, 7) is 2.19. The Hall–Kier alpha value is -2.31. The number of halogens is 1.